The van der Waals surface area contributed by atoms with Gasteiger partial charge in [-0.3, -0.25) is 0 Å². The molecule has 0 spiro atoms. The Morgan fingerprint density at radius 3 is 2.00 bits per heavy atom. The number of hydrogen-bond acceptors (Lipinski definition) is 1. The Kier molecular flexibility index (Phi) is 2.92. The molecule has 0 radical (unpaired) electrons. The molecule has 1 aromatic rings. The molecule has 0 heterocycles. The average molecular weight is 258 g/mol. The van der Waals surface area contributed by atoms with Crippen molar-refractivity contribution in [3.8, 4) is 0 Å². The van der Waals surface area contributed by atoms with Crippen molar-refractivity contribution < 1.29 is 0 Å². The van der Waals surface area contributed by atoms with E-state index >= 15 is 0 Å². The van der Waals surface area contributed by atoms with E-state index in [0.29, 0.717) is 14.5 Å². The van der Waals surface area contributed by atoms with Gasteiger partial charge in [0.25, 0.3) is 0 Å². The predicted octanol–water partition coefficient (Wildman–Crippen LogP) is 4.04. The minimum atomic E-state index is 0.581. The highest BCUT2D eigenvalue weighted by atomic mass is 79.9. The molecule has 4 heteroatoms. The first-order valence-corrected chi connectivity index (χ1v) is 4.44. The summed E-state index contributed by atoms with van der Waals surface area (Å²) < 4.78 is 0.716. The minimum absolute atomic E-state index is 0.581. The second-order valence-electron chi connectivity index (χ2n) is 1.72. The van der Waals surface area contributed by atoms with E-state index in [9.17, 15) is 0 Å². The van der Waals surface area contributed by atoms with Crippen molar-refractivity contribution in [2.75, 3.05) is 0 Å². The quantitative estimate of drug-likeness (QED) is 0.526. The molecule has 0 aliphatic heterocycles. The molecule has 1 rings (SSSR count). The lowest BCUT2D eigenvalue weighted by molar-refractivity contribution is 1.45. The molecule has 1 aromatic carbocycles. The van der Waals surface area contributed by atoms with Crippen molar-refractivity contribution in [1.29, 1.82) is 0 Å². The van der Waals surface area contributed by atoms with Gasteiger partial charge in [-0.1, -0.05) is 23.2 Å². The Labute approximate surface area is 83.1 Å². The van der Waals surface area contributed by atoms with Crippen molar-refractivity contribution in [1.82, 2.24) is 0 Å². The van der Waals surface area contributed by atoms with Gasteiger partial charge in [0.2, 0.25) is 0 Å². The first kappa shape index (κ1) is 8.72. The predicted molar refractivity (Wildman–Crippen MR) is 51.4 cm³/mol. The maximum absolute atomic E-state index is 5.74. The van der Waals surface area contributed by atoms with Gasteiger partial charge >= 0.3 is 0 Å². The number of rotatable bonds is 0. The highest BCUT2D eigenvalue weighted by Crippen LogP contribution is 2.32. The molecule has 0 aromatic heterocycles. The fourth-order valence-corrected chi connectivity index (χ4v) is 1.67. The molecule has 0 nitrogen and oxygen atoms in total. The average Bonchev–Trinajstić information content (AvgIpc) is 1.82. The first-order chi connectivity index (χ1) is 4.61. The fourth-order valence-electron chi connectivity index (χ4n) is 0.542. The number of thiol groups is 1. The van der Waals surface area contributed by atoms with Gasteiger partial charge in [-0.15, -0.1) is 12.6 Å². The molecule has 0 saturated carbocycles. The molecule has 0 unspecified atom stereocenters. The third-order valence-corrected chi connectivity index (χ3v) is 3.13. The third-order valence-electron chi connectivity index (χ3n) is 0.969. The second kappa shape index (κ2) is 3.35. The Hall–Kier alpha value is 0.630. The summed E-state index contributed by atoms with van der Waals surface area (Å²) in [5.41, 5.74) is 0. The van der Waals surface area contributed by atoms with Crippen LogP contribution in [0.4, 0.5) is 0 Å². The molecular formula is C6H3BrCl2S. The van der Waals surface area contributed by atoms with E-state index in [4.69, 9.17) is 23.2 Å². The molecular weight excluding hydrogens is 255 g/mol. The van der Waals surface area contributed by atoms with Crippen molar-refractivity contribution >= 4 is 51.8 Å². The van der Waals surface area contributed by atoms with Crippen molar-refractivity contribution in [2.45, 2.75) is 4.90 Å². The van der Waals surface area contributed by atoms with Crippen molar-refractivity contribution in [3.63, 3.8) is 0 Å². The Morgan fingerprint density at radius 2 is 1.60 bits per heavy atom. The summed E-state index contributed by atoms with van der Waals surface area (Å²) >= 11 is 18.8. The van der Waals surface area contributed by atoms with Crippen LogP contribution in [-0.4, -0.2) is 0 Å². The maximum atomic E-state index is 5.74. The van der Waals surface area contributed by atoms with Crippen LogP contribution >= 0.6 is 51.8 Å². The molecule has 10 heavy (non-hydrogen) atoms. The zero-order valence-corrected chi connectivity index (χ0v) is 8.73. The van der Waals surface area contributed by atoms with Gasteiger partial charge in [0, 0.05) is 4.90 Å². The van der Waals surface area contributed by atoms with Crippen molar-refractivity contribution in [3.05, 3.63) is 26.7 Å². The lowest BCUT2D eigenvalue weighted by Crippen LogP contribution is -1.72. The van der Waals surface area contributed by atoms with E-state index in [1.165, 1.54) is 0 Å². The molecule has 0 aliphatic carbocycles. The molecule has 54 valence electrons. The van der Waals surface area contributed by atoms with E-state index in [1.54, 1.807) is 12.1 Å². The van der Waals surface area contributed by atoms with E-state index in [-0.39, 0.29) is 0 Å². The van der Waals surface area contributed by atoms with E-state index < -0.39 is 0 Å². The summed E-state index contributed by atoms with van der Waals surface area (Å²) in [6, 6.07) is 3.45. The van der Waals surface area contributed by atoms with Crippen LogP contribution in [0.2, 0.25) is 10.0 Å². The van der Waals surface area contributed by atoms with Gasteiger partial charge < -0.3 is 0 Å². The van der Waals surface area contributed by atoms with E-state index in [0.717, 1.165) is 4.90 Å². The normalized spacial score (nSPS) is 10.0. The smallest absolute Gasteiger partial charge is 0.0574 e. The van der Waals surface area contributed by atoms with Crippen LogP contribution in [0.5, 0.6) is 0 Å². The van der Waals surface area contributed by atoms with Gasteiger partial charge in [0.15, 0.2) is 0 Å². The van der Waals surface area contributed by atoms with Gasteiger partial charge in [-0.05, 0) is 28.1 Å². The highest BCUT2D eigenvalue weighted by Gasteiger charge is 2.02. The summed E-state index contributed by atoms with van der Waals surface area (Å²) in [4.78, 5) is 0.762. The lowest BCUT2D eigenvalue weighted by Gasteiger charge is -1.98. The molecule has 0 fully saturated rings. The molecule has 0 N–H and O–H groups in total. The van der Waals surface area contributed by atoms with Gasteiger partial charge in [-0.25, -0.2) is 0 Å². The monoisotopic (exact) mass is 256 g/mol. The number of benzene rings is 1. The second-order valence-corrected chi connectivity index (χ2v) is 3.85. The minimum Gasteiger partial charge on any atom is -0.143 e. The standard InChI is InChI=1S/C6H3BrCl2S/c7-6-4(8)1-3(10)2-5(6)9/h1-2,10H. The summed E-state index contributed by atoms with van der Waals surface area (Å²) in [6.07, 6.45) is 0. The number of hydrogen-bond donors (Lipinski definition) is 1. The highest BCUT2D eigenvalue weighted by molar-refractivity contribution is 9.10. The molecule has 0 atom stereocenters. The number of halogens is 3. The maximum Gasteiger partial charge on any atom is 0.0574 e. The van der Waals surface area contributed by atoms with E-state index in [1.807, 2.05) is 0 Å². The van der Waals surface area contributed by atoms with Gasteiger partial charge in [-0.2, -0.15) is 0 Å². The molecule has 0 aliphatic rings. The largest absolute Gasteiger partial charge is 0.143 e. The summed E-state index contributed by atoms with van der Waals surface area (Å²) in [5.74, 6) is 0. The van der Waals surface area contributed by atoms with Crippen LogP contribution in [-0.2, 0) is 0 Å². The Balaban J connectivity index is 3.31. The van der Waals surface area contributed by atoms with Crippen molar-refractivity contribution in [2.24, 2.45) is 0 Å². The summed E-state index contributed by atoms with van der Waals surface area (Å²) in [7, 11) is 0. The summed E-state index contributed by atoms with van der Waals surface area (Å²) in [5, 5.41) is 1.16. The fraction of sp³-hybridized carbons (Fsp3) is 0. The SMILES string of the molecule is Sc1cc(Cl)c(Br)c(Cl)c1. The Morgan fingerprint density at radius 1 is 1.20 bits per heavy atom. The van der Waals surface area contributed by atoms with Crippen LogP contribution < -0.4 is 0 Å². The van der Waals surface area contributed by atoms with Crippen LogP contribution in [0.3, 0.4) is 0 Å². The van der Waals surface area contributed by atoms with Crippen LogP contribution in [0, 0.1) is 0 Å². The first-order valence-electron chi connectivity index (χ1n) is 2.45. The van der Waals surface area contributed by atoms with Gasteiger partial charge in [0.1, 0.15) is 0 Å². The topological polar surface area (TPSA) is 0 Å². The summed E-state index contributed by atoms with van der Waals surface area (Å²) in [6.45, 7) is 0. The molecule has 0 saturated heterocycles. The van der Waals surface area contributed by atoms with Gasteiger partial charge in [0.05, 0.1) is 14.5 Å². The molecule has 0 amide bonds. The van der Waals surface area contributed by atoms with Crippen LogP contribution in [0.25, 0.3) is 0 Å². The zero-order chi connectivity index (χ0) is 7.72. The van der Waals surface area contributed by atoms with Crippen LogP contribution in [0.15, 0.2) is 21.5 Å². The molecule has 0 bridgehead atoms. The Bertz CT molecular complexity index is 239. The van der Waals surface area contributed by atoms with Crippen LogP contribution in [0.1, 0.15) is 0 Å². The zero-order valence-electron chi connectivity index (χ0n) is 4.74. The third kappa shape index (κ3) is 1.82. The lowest BCUT2D eigenvalue weighted by atomic mass is 10.4. The van der Waals surface area contributed by atoms with E-state index in [2.05, 4.69) is 28.6 Å².